The molecule has 0 radical (unpaired) electrons. The summed E-state index contributed by atoms with van der Waals surface area (Å²) in [6.07, 6.45) is 1.78. The van der Waals surface area contributed by atoms with Gasteiger partial charge >= 0.3 is 0 Å². The van der Waals surface area contributed by atoms with Crippen molar-refractivity contribution in [1.82, 2.24) is 14.9 Å². The van der Waals surface area contributed by atoms with Crippen molar-refractivity contribution in [3.63, 3.8) is 0 Å². The maximum absolute atomic E-state index is 13.4. The Balaban J connectivity index is 1.68. The molecule has 0 fully saturated rings. The van der Waals surface area contributed by atoms with Crippen LogP contribution in [0.4, 0.5) is 5.69 Å². The molecule has 0 saturated carbocycles. The molecule has 0 saturated heterocycles. The van der Waals surface area contributed by atoms with Crippen LogP contribution in [0.1, 0.15) is 41.9 Å². The third-order valence-corrected chi connectivity index (χ3v) is 6.79. The maximum Gasteiger partial charge on any atom is 0.240 e. The maximum atomic E-state index is 13.4. The number of hydrogen-bond donors (Lipinski definition) is 2. The molecule has 2 aromatic carbocycles. The van der Waals surface area contributed by atoms with Gasteiger partial charge < -0.3 is 10.7 Å². The van der Waals surface area contributed by atoms with Crippen molar-refractivity contribution in [2.24, 2.45) is 0 Å². The van der Waals surface area contributed by atoms with Crippen LogP contribution in [0, 0.1) is 13.8 Å². The van der Waals surface area contributed by atoms with E-state index in [1.807, 2.05) is 61.0 Å². The quantitative estimate of drug-likeness (QED) is 0.589. The van der Waals surface area contributed by atoms with Gasteiger partial charge in [-0.25, -0.2) is 4.68 Å². The van der Waals surface area contributed by atoms with Crippen LogP contribution in [0.15, 0.2) is 47.6 Å². The lowest BCUT2D eigenvalue weighted by Crippen LogP contribution is -2.41. The van der Waals surface area contributed by atoms with Crippen LogP contribution >= 0.6 is 23.4 Å². The van der Waals surface area contributed by atoms with Crippen LogP contribution in [0.3, 0.4) is 0 Å². The standard InChI is InChI=1S/C22H24ClN5OS/c1-4-6-18-25-26-22-28(18)27-19(15-9-11-16(23)12-10-15)20(30-22)21(29)24-17-8-5-7-13(2)14(17)3/h5,7-12,19-20,27H,4,6H2,1-3H3,(H,24,29)/t19-,20+/m1/s1. The Hall–Kier alpha value is -2.51. The zero-order valence-electron chi connectivity index (χ0n) is 17.1. The van der Waals surface area contributed by atoms with Gasteiger partial charge in [0.15, 0.2) is 5.82 Å². The van der Waals surface area contributed by atoms with Gasteiger partial charge in [-0.3, -0.25) is 4.79 Å². The topological polar surface area (TPSA) is 71.8 Å². The number of amides is 1. The van der Waals surface area contributed by atoms with Crippen molar-refractivity contribution >= 4 is 35.0 Å². The highest BCUT2D eigenvalue weighted by atomic mass is 35.5. The van der Waals surface area contributed by atoms with E-state index in [9.17, 15) is 4.79 Å². The normalized spacial score (nSPS) is 17.9. The predicted octanol–water partition coefficient (Wildman–Crippen LogP) is 4.90. The monoisotopic (exact) mass is 441 g/mol. The number of fused-ring (bicyclic) bond motifs is 1. The van der Waals surface area contributed by atoms with E-state index < -0.39 is 5.25 Å². The SMILES string of the molecule is CCCc1nnc2n1N[C@H](c1ccc(Cl)cc1)[C@@H](C(=O)Nc1cccc(C)c1C)S2. The first-order chi connectivity index (χ1) is 14.5. The molecule has 2 N–H and O–H groups in total. The molecule has 1 aliphatic rings. The number of rotatable bonds is 5. The lowest BCUT2D eigenvalue weighted by molar-refractivity contribution is -0.116. The van der Waals surface area contributed by atoms with Gasteiger partial charge in [0, 0.05) is 17.1 Å². The second kappa shape index (κ2) is 8.70. The molecule has 1 aromatic heterocycles. The Morgan fingerprint density at radius 2 is 1.97 bits per heavy atom. The van der Waals surface area contributed by atoms with E-state index in [1.165, 1.54) is 11.8 Å². The Morgan fingerprint density at radius 3 is 2.70 bits per heavy atom. The summed E-state index contributed by atoms with van der Waals surface area (Å²) in [6.45, 7) is 6.16. The van der Waals surface area contributed by atoms with E-state index in [0.29, 0.717) is 10.2 Å². The summed E-state index contributed by atoms with van der Waals surface area (Å²) in [5, 5.41) is 12.7. The molecule has 0 bridgehead atoms. The number of aryl methyl sites for hydroxylation is 2. The molecule has 1 amide bonds. The molecule has 0 unspecified atom stereocenters. The fraction of sp³-hybridized carbons (Fsp3) is 0.318. The summed E-state index contributed by atoms with van der Waals surface area (Å²) >= 11 is 7.52. The highest BCUT2D eigenvalue weighted by molar-refractivity contribution is 8.00. The molecule has 3 aromatic rings. The van der Waals surface area contributed by atoms with Crippen LogP contribution in [0.25, 0.3) is 0 Å². The summed E-state index contributed by atoms with van der Waals surface area (Å²) in [7, 11) is 0. The summed E-state index contributed by atoms with van der Waals surface area (Å²) in [5.41, 5.74) is 7.49. The molecule has 156 valence electrons. The van der Waals surface area contributed by atoms with Gasteiger partial charge in [0.05, 0.1) is 6.04 Å². The van der Waals surface area contributed by atoms with E-state index in [2.05, 4.69) is 27.9 Å². The first kappa shape index (κ1) is 20.8. The fourth-order valence-corrected chi connectivity index (χ4v) is 4.72. The minimum atomic E-state index is -0.419. The summed E-state index contributed by atoms with van der Waals surface area (Å²) in [6, 6.07) is 13.3. The third kappa shape index (κ3) is 4.04. The molecular formula is C22H24ClN5OS. The number of hydrogen-bond acceptors (Lipinski definition) is 5. The van der Waals surface area contributed by atoms with Crippen LogP contribution in [0.2, 0.25) is 5.02 Å². The molecular weight excluding hydrogens is 418 g/mol. The molecule has 6 nitrogen and oxygen atoms in total. The number of anilines is 1. The number of nitrogens with one attached hydrogen (secondary N) is 2. The second-order valence-corrected chi connectivity index (χ2v) is 8.96. The van der Waals surface area contributed by atoms with Crippen molar-refractivity contribution < 1.29 is 4.79 Å². The summed E-state index contributed by atoms with van der Waals surface area (Å²) < 4.78 is 1.91. The predicted molar refractivity (Wildman–Crippen MR) is 122 cm³/mol. The van der Waals surface area contributed by atoms with Gasteiger partial charge in [0.2, 0.25) is 11.1 Å². The van der Waals surface area contributed by atoms with Gasteiger partial charge in [-0.15, -0.1) is 10.2 Å². The third-order valence-electron chi connectivity index (χ3n) is 5.33. The molecule has 8 heteroatoms. The molecule has 0 aliphatic carbocycles. The van der Waals surface area contributed by atoms with E-state index >= 15 is 0 Å². The van der Waals surface area contributed by atoms with Crippen molar-refractivity contribution in [3.05, 3.63) is 70.0 Å². The van der Waals surface area contributed by atoms with E-state index in [-0.39, 0.29) is 11.9 Å². The first-order valence-corrected chi connectivity index (χ1v) is 11.2. The lowest BCUT2D eigenvalue weighted by Gasteiger charge is -2.33. The number of carbonyl (C=O) groups is 1. The van der Waals surface area contributed by atoms with Gasteiger partial charge in [0.1, 0.15) is 5.25 Å². The van der Waals surface area contributed by atoms with Crippen LogP contribution in [-0.2, 0) is 11.2 Å². The zero-order chi connectivity index (χ0) is 21.3. The molecule has 2 atom stereocenters. The van der Waals surface area contributed by atoms with Crippen molar-refractivity contribution in [1.29, 1.82) is 0 Å². The molecule has 0 spiro atoms. The molecule has 4 rings (SSSR count). The highest BCUT2D eigenvalue weighted by Gasteiger charge is 2.37. The van der Waals surface area contributed by atoms with Gasteiger partial charge in [0.25, 0.3) is 0 Å². The highest BCUT2D eigenvalue weighted by Crippen LogP contribution is 2.38. The Morgan fingerprint density at radius 1 is 1.20 bits per heavy atom. The summed E-state index contributed by atoms with van der Waals surface area (Å²) in [5.74, 6) is 0.791. The largest absolute Gasteiger partial charge is 0.325 e. The lowest BCUT2D eigenvalue weighted by atomic mass is 10.0. The van der Waals surface area contributed by atoms with E-state index in [0.717, 1.165) is 41.0 Å². The van der Waals surface area contributed by atoms with E-state index in [1.54, 1.807) is 0 Å². The van der Waals surface area contributed by atoms with E-state index in [4.69, 9.17) is 11.6 Å². The average molecular weight is 442 g/mol. The minimum absolute atomic E-state index is 0.0764. The fourth-order valence-electron chi connectivity index (χ4n) is 3.49. The van der Waals surface area contributed by atoms with Gasteiger partial charge in [-0.05, 0) is 55.2 Å². The molecule has 1 aliphatic heterocycles. The first-order valence-electron chi connectivity index (χ1n) is 9.98. The number of aromatic nitrogens is 3. The number of benzene rings is 2. The molecule has 30 heavy (non-hydrogen) atoms. The molecule has 2 heterocycles. The smallest absolute Gasteiger partial charge is 0.240 e. The zero-order valence-corrected chi connectivity index (χ0v) is 18.7. The van der Waals surface area contributed by atoms with Crippen molar-refractivity contribution in [2.75, 3.05) is 10.7 Å². The van der Waals surface area contributed by atoms with Crippen molar-refractivity contribution in [3.8, 4) is 0 Å². The number of halogens is 1. The average Bonchev–Trinajstić information content (AvgIpc) is 3.13. The Labute approximate surface area is 185 Å². The summed E-state index contributed by atoms with van der Waals surface area (Å²) in [4.78, 5) is 13.4. The minimum Gasteiger partial charge on any atom is -0.325 e. The van der Waals surface area contributed by atoms with Crippen LogP contribution in [-0.4, -0.2) is 26.0 Å². The van der Waals surface area contributed by atoms with Gasteiger partial charge in [-0.2, -0.15) is 0 Å². The number of carbonyl (C=O) groups excluding carboxylic acids is 1. The van der Waals surface area contributed by atoms with Crippen LogP contribution in [0.5, 0.6) is 0 Å². The second-order valence-electron chi connectivity index (χ2n) is 7.42. The van der Waals surface area contributed by atoms with Crippen molar-refractivity contribution in [2.45, 2.75) is 50.1 Å². The van der Waals surface area contributed by atoms with Gasteiger partial charge in [-0.1, -0.05) is 54.6 Å². The number of nitrogens with zero attached hydrogens (tertiary/aromatic N) is 3. The Bertz CT molecular complexity index is 1070. The number of thioether (sulfide) groups is 1. The van der Waals surface area contributed by atoms with Crippen LogP contribution < -0.4 is 10.7 Å². The Kier molecular flexibility index (Phi) is 6.01.